The molecule has 6 nitrogen and oxygen atoms in total. The highest BCUT2D eigenvalue weighted by Crippen LogP contribution is 2.20. The van der Waals surface area contributed by atoms with E-state index in [1.165, 1.54) is 11.8 Å². The van der Waals surface area contributed by atoms with Gasteiger partial charge in [-0.15, -0.1) is 5.10 Å². The highest BCUT2D eigenvalue weighted by molar-refractivity contribution is 7.99. The molecule has 0 spiro atoms. The minimum atomic E-state index is 0.104. The molecule has 0 radical (unpaired) electrons. The first-order valence-electron chi connectivity index (χ1n) is 7.94. The van der Waals surface area contributed by atoms with E-state index in [1.54, 1.807) is 4.52 Å². The molecular weight excluding hydrogens is 322 g/mol. The molecule has 0 aliphatic rings. The van der Waals surface area contributed by atoms with Gasteiger partial charge in [0.2, 0.25) is 5.16 Å². The van der Waals surface area contributed by atoms with E-state index in [1.807, 2.05) is 39.8 Å². The summed E-state index contributed by atoms with van der Waals surface area (Å²) in [5.41, 5.74) is 4.82. The van der Waals surface area contributed by atoms with Gasteiger partial charge in [-0.05, 0) is 46.8 Å². The molecule has 0 saturated heterocycles. The van der Waals surface area contributed by atoms with Crippen LogP contribution >= 0.6 is 11.8 Å². The van der Waals surface area contributed by atoms with Crippen LogP contribution in [0.1, 0.15) is 40.1 Å². The number of Topliss-reactive ketones (excluding diaryl/α,β-unsaturated/α-hetero) is 1. The maximum Gasteiger partial charge on any atom is 0.253 e. The van der Waals surface area contributed by atoms with Crippen LogP contribution < -0.4 is 0 Å². The van der Waals surface area contributed by atoms with Crippen LogP contribution in [0.5, 0.6) is 0 Å². The summed E-state index contributed by atoms with van der Waals surface area (Å²) in [7, 11) is 0. The highest BCUT2D eigenvalue weighted by atomic mass is 32.2. The van der Waals surface area contributed by atoms with Crippen LogP contribution in [-0.4, -0.2) is 35.7 Å². The zero-order valence-corrected chi connectivity index (χ0v) is 15.4. The van der Waals surface area contributed by atoms with Crippen molar-refractivity contribution in [1.29, 1.82) is 0 Å². The normalized spacial score (nSPS) is 11.4. The molecule has 3 aromatic rings. The van der Waals surface area contributed by atoms with Gasteiger partial charge in [0.05, 0.1) is 5.75 Å². The molecule has 0 N–H and O–H groups in total. The number of carbonyl (C=O) groups is 1. The molecule has 0 unspecified atom stereocenters. The second kappa shape index (κ2) is 6.39. The summed E-state index contributed by atoms with van der Waals surface area (Å²) in [5, 5.41) is 5.01. The molecule has 7 heteroatoms. The Morgan fingerprint density at radius 1 is 1.12 bits per heavy atom. The van der Waals surface area contributed by atoms with Crippen LogP contribution in [0.15, 0.2) is 17.3 Å². The first-order chi connectivity index (χ1) is 11.4. The van der Waals surface area contributed by atoms with Gasteiger partial charge in [-0.1, -0.05) is 11.8 Å². The molecule has 0 amide bonds. The number of carbonyl (C=O) groups excluding carboxylic acids is 1. The van der Waals surface area contributed by atoms with E-state index in [0.29, 0.717) is 16.7 Å². The van der Waals surface area contributed by atoms with Crippen LogP contribution in [0.25, 0.3) is 5.78 Å². The summed E-state index contributed by atoms with van der Waals surface area (Å²) >= 11 is 1.35. The van der Waals surface area contributed by atoms with Crippen LogP contribution in [0.2, 0.25) is 0 Å². The summed E-state index contributed by atoms with van der Waals surface area (Å²) < 4.78 is 3.86. The Balaban J connectivity index is 1.78. The van der Waals surface area contributed by atoms with Gasteiger partial charge >= 0.3 is 0 Å². The average Bonchev–Trinajstić information content (AvgIpc) is 3.05. The average molecular weight is 343 g/mol. The van der Waals surface area contributed by atoms with Crippen LogP contribution in [0.4, 0.5) is 0 Å². The summed E-state index contributed by atoms with van der Waals surface area (Å²) in [6.07, 6.45) is 0. The van der Waals surface area contributed by atoms with Crippen LogP contribution in [-0.2, 0) is 6.54 Å². The Bertz CT molecular complexity index is 925. The van der Waals surface area contributed by atoms with Crippen molar-refractivity contribution in [3.63, 3.8) is 0 Å². The lowest BCUT2D eigenvalue weighted by molar-refractivity contribution is 0.102. The Morgan fingerprint density at radius 3 is 2.54 bits per heavy atom. The van der Waals surface area contributed by atoms with Crippen molar-refractivity contribution in [1.82, 2.24) is 24.1 Å². The van der Waals surface area contributed by atoms with Crippen molar-refractivity contribution >= 4 is 23.3 Å². The van der Waals surface area contributed by atoms with Gasteiger partial charge in [-0.3, -0.25) is 4.79 Å². The molecule has 0 atom stereocenters. The molecule has 3 aromatic heterocycles. The first kappa shape index (κ1) is 16.7. The zero-order valence-electron chi connectivity index (χ0n) is 14.6. The van der Waals surface area contributed by atoms with E-state index in [-0.39, 0.29) is 5.78 Å². The second-order valence-corrected chi connectivity index (χ2v) is 6.83. The standard InChI is InChI=1S/C17H21N5OS/c1-6-21-11(3)8-14(13(21)5)15(23)9-24-17-19-16-18-10(2)7-12(4)22(16)20-17/h7-8H,6,9H2,1-5H3. The van der Waals surface area contributed by atoms with Gasteiger partial charge in [0.15, 0.2) is 5.78 Å². The van der Waals surface area contributed by atoms with Crippen molar-refractivity contribution in [3.05, 3.63) is 40.5 Å². The minimum absolute atomic E-state index is 0.104. The van der Waals surface area contributed by atoms with E-state index in [2.05, 4.69) is 26.6 Å². The molecule has 0 bridgehead atoms. The summed E-state index contributed by atoms with van der Waals surface area (Å²) in [6.45, 7) is 10.9. The van der Waals surface area contributed by atoms with Crippen LogP contribution in [0.3, 0.4) is 0 Å². The molecule has 3 heterocycles. The quantitative estimate of drug-likeness (QED) is 0.526. The molecular formula is C17H21N5OS. The fourth-order valence-corrected chi connectivity index (χ4v) is 3.69. The maximum absolute atomic E-state index is 12.5. The molecule has 126 valence electrons. The fourth-order valence-electron chi connectivity index (χ4n) is 2.99. The smallest absolute Gasteiger partial charge is 0.253 e. The van der Waals surface area contributed by atoms with E-state index in [0.717, 1.165) is 34.9 Å². The molecule has 0 aliphatic heterocycles. The highest BCUT2D eigenvalue weighted by Gasteiger charge is 2.16. The monoisotopic (exact) mass is 343 g/mol. The third kappa shape index (κ3) is 2.96. The lowest BCUT2D eigenvalue weighted by Gasteiger charge is -2.05. The van der Waals surface area contributed by atoms with Crippen molar-refractivity contribution in [2.75, 3.05) is 5.75 Å². The summed E-state index contributed by atoms with van der Waals surface area (Å²) in [4.78, 5) is 21.3. The summed E-state index contributed by atoms with van der Waals surface area (Å²) in [6, 6.07) is 3.93. The van der Waals surface area contributed by atoms with Crippen molar-refractivity contribution in [3.8, 4) is 0 Å². The Morgan fingerprint density at radius 2 is 1.88 bits per heavy atom. The van der Waals surface area contributed by atoms with Crippen molar-refractivity contribution < 1.29 is 4.79 Å². The number of fused-ring (bicyclic) bond motifs is 1. The van der Waals surface area contributed by atoms with E-state index in [4.69, 9.17) is 0 Å². The number of thioether (sulfide) groups is 1. The Hall–Kier alpha value is -2.15. The minimum Gasteiger partial charge on any atom is -0.349 e. The van der Waals surface area contributed by atoms with Gasteiger partial charge in [0.25, 0.3) is 5.78 Å². The molecule has 3 rings (SSSR count). The largest absolute Gasteiger partial charge is 0.349 e. The zero-order chi connectivity index (χ0) is 17.4. The van der Waals surface area contributed by atoms with Crippen LogP contribution in [0, 0.1) is 27.7 Å². The van der Waals surface area contributed by atoms with E-state index in [9.17, 15) is 4.79 Å². The SMILES string of the molecule is CCn1c(C)cc(C(=O)CSc2nc3nc(C)cc(C)n3n2)c1C. The second-order valence-electron chi connectivity index (χ2n) is 5.89. The van der Waals surface area contributed by atoms with Gasteiger partial charge in [0.1, 0.15) is 0 Å². The number of nitrogens with zero attached hydrogens (tertiary/aromatic N) is 5. The lowest BCUT2D eigenvalue weighted by atomic mass is 10.2. The predicted octanol–water partition coefficient (Wildman–Crippen LogP) is 3.15. The van der Waals surface area contributed by atoms with Gasteiger partial charge in [0, 0.05) is 34.9 Å². The number of ketones is 1. The Kier molecular flexibility index (Phi) is 4.45. The molecule has 0 fully saturated rings. The number of aryl methyl sites for hydroxylation is 3. The molecule has 0 aliphatic carbocycles. The molecule has 0 aromatic carbocycles. The number of rotatable bonds is 5. The van der Waals surface area contributed by atoms with Crippen molar-refractivity contribution in [2.45, 2.75) is 46.3 Å². The topological polar surface area (TPSA) is 65.1 Å². The lowest BCUT2D eigenvalue weighted by Crippen LogP contribution is -2.06. The fraction of sp³-hybridized carbons (Fsp3) is 0.412. The predicted molar refractivity (Wildman–Crippen MR) is 94.9 cm³/mol. The van der Waals surface area contributed by atoms with Gasteiger partial charge in [-0.2, -0.15) is 4.98 Å². The van der Waals surface area contributed by atoms with E-state index < -0.39 is 0 Å². The number of hydrogen-bond acceptors (Lipinski definition) is 5. The molecule has 0 saturated carbocycles. The Labute approximate surface area is 145 Å². The number of aromatic nitrogens is 5. The van der Waals surface area contributed by atoms with E-state index >= 15 is 0 Å². The maximum atomic E-state index is 12.5. The summed E-state index contributed by atoms with van der Waals surface area (Å²) in [5.74, 6) is 1.00. The van der Waals surface area contributed by atoms with Gasteiger partial charge in [-0.25, -0.2) is 9.50 Å². The third-order valence-electron chi connectivity index (χ3n) is 4.12. The number of hydrogen-bond donors (Lipinski definition) is 0. The third-order valence-corrected chi connectivity index (χ3v) is 4.96. The van der Waals surface area contributed by atoms with Crippen molar-refractivity contribution in [2.24, 2.45) is 0 Å². The van der Waals surface area contributed by atoms with Gasteiger partial charge < -0.3 is 4.57 Å². The first-order valence-corrected chi connectivity index (χ1v) is 8.93. The molecule has 24 heavy (non-hydrogen) atoms.